The van der Waals surface area contributed by atoms with Gasteiger partial charge in [0.25, 0.3) is 0 Å². The standard InChI is InChI=1S/C15H37NO5Si3/c1-14(11-18-22(2,3)4)21-15(17)16(12-19-23(5,6)7)13-20-24(8,9)10/h14H,11-13H2,1-10H3. The summed E-state index contributed by atoms with van der Waals surface area (Å²) in [5.74, 6) is 0. The van der Waals surface area contributed by atoms with Gasteiger partial charge in [-0.1, -0.05) is 0 Å². The van der Waals surface area contributed by atoms with Crippen molar-refractivity contribution in [2.45, 2.75) is 72.0 Å². The smallest absolute Gasteiger partial charge is 0.413 e. The molecule has 6 nitrogen and oxygen atoms in total. The molecule has 0 bridgehead atoms. The second kappa shape index (κ2) is 9.48. The van der Waals surface area contributed by atoms with Crippen LogP contribution in [0.25, 0.3) is 0 Å². The molecule has 0 heterocycles. The molecule has 24 heavy (non-hydrogen) atoms. The van der Waals surface area contributed by atoms with E-state index in [-0.39, 0.29) is 19.6 Å². The Morgan fingerprint density at radius 1 is 0.792 bits per heavy atom. The summed E-state index contributed by atoms with van der Waals surface area (Å²) < 4.78 is 23.0. The van der Waals surface area contributed by atoms with Crippen LogP contribution in [0.1, 0.15) is 6.92 Å². The quantitative estimate of drug-likeness (QED) is 0.408. The molecule has 0 saturated carbocycles. The molecule has 0 aromatic rings. The summed E-state index contributed by atoms with van der Waals surface area (Å²) in [7, 11) is -5.09. The van der Waals surface area contributed by atoms with E-state index in [0.717, 1.165) is 0 Å². The highest BCUT2D eigenvalue weighted by atomic mass is 28.4. The molecule has 0 rings (SSSR count). The van der Waals surface area contributed by atoms with Crippen molar-refractivity contribution >= 4 is 31.0 Å². The lowest BCUT2D eigenvalue weighted by Crippen LogP contribution is -2.44. The minimum absolute atomic E-state index is 0.195. The van der Waals surface area contributed by atoms with Crippen LogP contribution in [0, 0.1) is 0 Å². The molecule has 0 fully saturated rings. The van der Waals surface area contributed by atoms with Gasteiger partial charge in [0.2, 0.25) is 0 Å². The van der Waals surface area contributed by atoms with Crippen LogP contribution in [-0.4, -0.2) is 62.1 Å². The average molecular weight is 396 g/mol. The second-order valence-electron chi connectivity index (χ2n) is 8.93. The van der Waals surface area contributed by atoms with E-state index >= 15 is 0 Å². The third kappa shape index (κ3) is 14.2. The highest BCUT2D eigenvalue weighted by Gasteiger charge is 2.25. The summed E-state index contributed by atoms with van der Waals surface area (Å²) in [4.78, 5) is 13.9. The Balaban J connectivity index is 4.65. The van der Waals surface area contributed by atoms with Crippen molar-refractivity contribution in [1.82, 2.24) is 4.90 Å². The predicted octanol–water partition coefficient (Wildman–Crippen LogP) is 4.28. The SMILES string of the molecule is CC(CO[Si](C)(C)C)OC(=O)N(CO[Si](C)(C)C)CO[Si](C)(C)C. The number of amides is 1. The molecule has 1 unspecified atom stereocenters. The van der Waals surface area contributed by atoms with E-state index in [1.807, 2.05) is 6.92 Å². The number of nitrogens with zero attached hydrogens (tertiary/aromatic N) is 1. The molecule has 1 amide bonds. The minimum atomic E-state index is -1.73. The van der Waals surface area contributed by atoms with Crippen LogP contribution < -0.4 is 0 Å². The zero-order valence-electron chi connectivity index (χ0n) is 17.2. The van der Waals surface area contributed by atoms with Crippen molar-refractivity contribution in [3.63, 3.8) is 0 Å². The largest absolute Gasteiger partial charge is 0.444 e. The zero-order chi connectivity index (χ0) is 19.2. The van der Waals surface area contributed by atoms with Crippen LogP contribution in [0.4, 0.5) is 4.79 Å². The molecule has 0 aliphatic rings. The molecular formula is C15H37NO5Si3. The van der Waals surface area contributed by atoms with E-state index in [1.54, 1.807) is 0 Å². The molecule has 0 saturated heterocycles. The molecule has 0 aromatic heterocycles. The van der Waals surface area contributed by atoms with E-state index in [9.17, 15) is 4.79 Å². The van der Waals surface area contributed by atoms with Gasteiger partial charge in [-0.2, -0.15) is 0 Å². The third-order valence-corrected chi connectivity index (χ3v) is 5.64. The molecule has 0 aliphatic carbocycles. The van der Waals surface area contributed by atoms with Gasteiger partial charge in [-0.3, -0.25) is 4.90 Å². The van der Waals surface area contributed by atoms with Gasteiger partial charge in [0.05, 0.1) is 6.61 Å². The Labute approximate surface area is 151 Å². The van der Waals surface area contributed by atoms with Crippen LogP contribution in [0.3, 0.4) is 0 Å². The molecule has 0 spiro atoms. The summed E-state index contributed by atoms with van der Waals surface area (Å²) >= 11 is 0. The van der Waals surface area contributed by atoms with Crippen LogP contribution in [0.2, 0.25) is 58.9 Å². The summed E-state index contributed by atoms with van der Waals surface area (Å²) in [6.45, 7) is 21.5. The van der Waals surface area contributed by atoms with Gasteiger partial charge in [-0.15, -0.1) is 0 Å². The maximum atomic E-state index is 12.4. The van der Waals surface area contributed by atoms with E-state index in [1.165, 1.54) is 4.90 Å². The number of ether oxygens (including phenoxy) is 1. The van der Waals surface area contributed by atoms with Crippen LogP contribution in [0.15, 0.2) is 0 Å². The number of hydrogen-bond acceptors (Lipinski definition) is 5. The number of hydrogen-bond donors (Lipinski definition) is 0. The topological polar surface area (TPSA) is 57.2 Å². The molecular weight excluding hydrogens is 358 g/mol. The summed E-state index contributed by atoms with van der Waals surface area (Å²) in [5.41, 5.74) is 0. The fourth-order valence-electron chi connectivity index (χ4n) is 1.33. The molecule has 0 aliphatic heterocycles. The summed E-state index contributed by atoms with van der Waals surface area (Å²) in [5, 5.41) is 0. The maximum absolute atomic E-state index is 12.4. The van der Waals surface area contributed by atoms with Gasteiger partial charge in [0.1, 0.15) is 19.6 Å². The van der Waals surface area contributed by atoms with E-state index in [0.29, 0.717) is 6.61 Å². The van der Waals surface area contributed by atoms with Crippen molar-refractivity contribution in [1.29, 1.82) is 0 Å². The first-order valence-electron chi connectivity index (χ1n) is 8.46. The minimum Gasteiger partial charge on any atom is -0.444 e. The normalized spacial score (nSPS) is 14.4. The van der Waals surface area contributed by atoms with E-state index in [2.05, 4.69) is 58.9 Å². The molecule has 0 aromatic carbocycles. The van der Waals surface area contributed by atoms with Crippen molar-refractivity contribution in [2.24, 2.45) is 0 Å². The molecule has 144 valence electrons. The monoisotopic (exact) mass is 395 g/mol. The van der Waals surface area contributed by atoms with Crippen molar-refractivity contribution in [2.75, 3.05) is 20.1 Å². The van der Waals surface area contributed by atoms with Gasteiger partial charge < -0.3 is 18.0 Å². The van der Waals surface area contributed by atoms with Gasteiger partial charge in [-0.05, 0) is 65.8 Å². The molecule has 0 radical (unpaired) electrons. The lowest BCUT2D eigenvalue weighted by atomic mass is 10.4. The molecule has 1 atom stereocenters. The molecule has 9 heteroatoms. The van der Waals surface area contributed by atoms with Gasteiger partial charge >= 0.3 is 6.09 Å². The predicted molar refractivity (Wildman–Crippen MR) is 106 cm³/mol. The van der Waals surface area contributed by atoms with Gasteiger partial charge in [0, 0.05) is 0 Å². The van der Waals surface area contributed by atoms with Gasteiger partial charge in [0.15, 0.2) is 25.0 Å². The van der Waals surface area contributed by atoms with Gasteiger partial charge in [-0.25, -0.2) is 4.79 Å². The lowest BCUT2D eigenvalue weighted by Gasteiger charge is -2.30. The molecule has 0 N–H and O–H groups in total. The summed E-state index contributed by atoms with van der Waals surface area (Å²) in [6, 6.07) is 0. The fraction of sp³-hybridized carbons (Fsp3) is 0.933. The number of carbonyl (C=O) groups excluding carboxylic acids is 1. The average Bonchev–Trinajstić information content (AvgIpc) is 2.32. The van der Waals surface area contributed by atoms with Crippen molar-refractivity contribution in [3.8, 4) is 0 Å². The van der Waals surface area contributed by atoms with Crippen molar-refractivity contribution in [3.05, 3.63) is 0 Å². The Morgan fingerprint density at radius 2 is 1.17 bits per heavy atom. The first-order chi connectivity index (χ1) is 10.6. The first-order valence-corrected chi connectivity index (χ1v) is 18.7. The number of rotatable bonds is 10. The van der Waals surface area contributed by atoms with E-state index < -0.39 is 31.0 Å². The highest BCUT2D eigenvalue weighted by Crippen LogP contribution is 2.10. The lowest BCUT2D eigenvalue weighted by molar-refractivity contribution is 0.00301. The Hall–Kier alpha value is -0.199. The van der Waals surface area contributed by atoms with E-state index in [4.69, 9.17) is 18.0 Å². The second-order valence-corrected chi connectivity index (χ2v) is 22.5. The third-order valence-electron chi connectivity index (χ3n) is 2.62. The van der Waals surface area contributed by atoms with Crippen molar-refractivity contribution < 1.29 is 22.8 Å². The first kappa shape index (κ1) is 23.8. The van der Waals surface area contributed by atoms with Crippen LogP contribution >= 0.6 is 0 Å². The van der Waals surface area contributed by atoms with Crippen LogP contribution in [0.5, 0.6) is 0 Å². The fourth-order valence-corrected chi connectivity index (χ4v) is 3.15. The zero-order valence-corrected chi connectivity index (χ0v) is 20.2. The highest BCUT2D eigenvalue weighted by molar-refractivity contribution is 6.70. The Bertz CT molecular complexity index is 370. The van der Waals surface area contributed by atoms with Crippen LogP contribution in [-0.2, 0) is 18.0 Å². The summed E-state index contributed by atoms with van der Waals surface area (Å²) in [6.07, 6.45) is -0.719. The Kier molecular flexibility index (Phi) is 9.41. The Morgan fingerprint density at radius 3 is 1.50 bits per heavy atom. The maximum Gasteiger partial charge on any atom is 0.413 e. The number of carbonyl (C=O) groups is 1.